The van der Waals surface area contributed by atoms with Crippen molar-refractivity contribution in [3.05, 3.63) is 60.4 Å². The van der Waals surface area contributed by atoms with Crippen LogP contribution in [-0.2, 0) is 25.2 Å². The van der Waals surface area contributed by atoms with Gasteiger partial charge in [-0.15, -0.1) is 0 Å². The fourth-order valence-corrected chi connectivity index (χ4v) is 3.78. The van der Waals surface area contributed by atoms with Crippen molar-refractivity contribution in [3.8, 4) is 0 Å². The molecule has 0 radical (unpaired) electrons. The van der Waals surface area contributed by atoms with Gasteiger partial charge in [0, 0.05) is 27.7 Å². The maximum atomic E-state index is 13.0. The highest BCUT2D eigenvalue weighted by Crippen LogP contribution is 2.18. The Morgan fingerprint density at radius 3 is 2.16 bits per heavy atom. The monoisotopic (exact) mass is 461 g/mol. The van der Waals surface area contributed by atoms with E-state index in [-0.39, 0.29) is 5.91 Å². The zero-order chi connectivity index (χ0) is 23.9. The third kappa shape index (κ3) is 7.88. The molecule has 0 aliphatic carbocycles. The lowest BCUT2D eigenvalue weighted by atomic mass is 10.1. The summed E-state index contributed by atoms with van der Waals surface area (Å²) in [4.78, 5) is 39.1. The van der Waals surface area contributed by atoms with Crippen molar-refractivity contribution in [2.75, 3.05) is 21.7 Å². The van der Waals surface area contributed by atoms with E-state index in [4.69, 9.17) is 0 Å². The number of nitrogens with one attached hydrogen (secondary N) is 2. The first-order chi connectivity index (χ1) is 15.0. The Bertz CT molecular complexity index is 975. The lowest BCUT2D eigenvalue weighted by Gasteiger charge is -2.31. The molecule has 2 aromatic carbocycles. The van der Waals surface area contributed by atoms with Crippen molar-refractivity contribution in [1.82, 2.24) is 5.32 Å². The summed E-state index contributed by atoms with van der Waals surface area (Å²) in [6, 6.07) is 12.9. The number of anilines is 2. The van der Waals surface area contributed by atoms with Crippen LogP contribution in [0.5, 0.6) is 0 Å². The molecule has 0 heterocycles. The highest BCUT2D eigenvalue weighted by molar-refractivity contribution is 7.86. The third-order valence-corrected chi connectivity index (χ3v) is 5.43. The first kappa shape index (κ1) is 25.2. The number of benzene rings is 2. The van der Waals surface area contributed by atoms with Crippen LogP contribution >= 0.6 is 0 Å². The summed E-state index contributed by atoms with van der Waals surface area (Å²) in [7, 11) is -1.81. The topological polar surface area (TPSA) is 95.6 Å². The van der Waals surface area contributed by atoms with Gasteiger partial charge in [0.15, 0.2) is 0 Å². The lowest BCUT2D eigenvalue weighted by molar-refractivity contribution is -0.126. The summed E-state index contributed by atoms with van der Waals surface area (Å²) in [5.74, 6) is -2.74. The van der Waals surface area contributed by atoms with Gasteiger partial charge >= 0.3 is 0 Å². The highest BCUT2D eigenvalue weighted by atomic mass is 32.2. The molecule has 2 atom stereocenters. The van der Waals surface area contributed by atoms with Gasteiger partial charge in [-0.2, -0.15) is 0 Å². The minimum atomic E-state index is -1.81. The highest BCUT2D eigenvalue weighted by Gasteiger charge is 2.30. The molecule has 2 rings (SSSR count). The first-order valence-corrected chi connectivity index (χ1v) is 11.5. The predicted octanol–water partition coefficient (Wildman–Crippen LogP) is 2.85. The van der Waals surface area contributed by atoms with E-state index in [9.17, 15) is 23.0 Å². The first-order valence-electron chi connectivity index (χ1n) is 10.1. The van der Waals surface area contributed by atoms with Crippen LogP contribution in [0.2, 0.25) is 0 Å². The van der Waals surface area contributed by atoms with Crippen molar-refractivity contribution in [3.63, 3.8) is 0 Å². The Kier molecular flexibility index (Phi) is 8.65. The normalized spacial score (nSPS) is 13.0. The molecule has 2 aromatic rings. The van der Waals surface area contributed by atoms with Gasteiger partial charge in [0.05, 0.1) is 0 Å². The van der Waals surface area contributed by atoms with Crippen LogP contribution < -0.4 is 15.5 Å². The number of amides is 3. The molecule has 0 aromatic heterocycles. The fraction of sp³-hybridized carbons (Fsp3) is 0.348. The molecule has 7 nitrogen and oxygen atoms in total. The molecule has 2 N–H and O–H groups in total. The second kappa shape index (κ2) is 11.0. The fourth-order valence-electron chi connectivity index (χ4n) is 2.90. The summed E-state index contributed by atoms with van der Waals surface area (Å²) >= 11 is 0. The molecule has 172 valence electrons. The number of rotatable bonds is 8. The maximum Gasteiger partial charge on any atom is 0.243 e. The molecular weight excluding hydrogens is 433 g/mol. The lowest BCUT2D eigenvalue weighted by Crippen LogP contribution is -2.53. The molecule has 0 saturated heterocycles. The number of carbonyl (C=O) groups is 3. The van der Waals surface area contributed by atoms with Crippen molar-refractivity contribution < 1.29 is 23.0 Å². The molecular formula is C23H28FN3O4S. The van der Waals surface area contributed by atoms with E-state index < -0.39 is 51.5 Å². The van der Waals surface area contributed by atoms with Gasteiger partial charge in [0.2, 0.25) is 17.7 Å². The molecule has 0 saturated carbocycles. The zero-order valence-electron chi connectivity index (χ0n) is 18.6. The van der Waals surface area contributed by atoms with E-state index in [0.29, 0.717) is 11.4 Å². The summed E-state index contributed by atoms with van der Waals surface area (Å²) < 4.78 is 25.5. The van der Waals surface area contributed by atoms with Gasteiger partial charge in [0.25, 0.3) is 0 Å². The number of halogens is 1. The van der Waals surface area contributed by atoms with Crippen LogP contribution in [0, 0.1) is 5.82 Å². The molecule has 0 fully saturated rings. The Morgan fingerprint density at radius 1 is 1.00 bits per heavy atom. The average Bonchev–Trinajstić information content (AvgIpc) is 2.69. The molecule has 0 bridgehead atoms. The Morgan fingerprint density at radius 2 is 1.59 bits per heavy atom. The maximum absolute atomic E-state index is 13.0. The van der Waals surface area contributed by atoms with Gasteiger partial charge in [-0.3, -0.25) is 23.5 Å². The van der Waals surface area contributed by atoms with E-state index in [1.165, 1.54) is 29.2 Å². The van der Waals surface area contributed by atoms with Gasteiger partial charge in [-0.25, -0.2) is 4.39 Å². The predicted molar refractivity (Wildman–Crippen MR) is 124 cm³/mol. The van der Waals surface area contributed by atoms with Crippen molar-refractivity contribution >= 4 is 39.9 Å². The van der Waals surface area contributed by atoms with Crippen LogP contribution in [0.1, 0.15) is 27.7 Å². The van der Waals surface area contributed by atoms with Crippen molar-refractivity contribution in [1.29, 1.82) is 0 Å². The van der Waals surface area contributed by atoms with E-state index in [2.05, 4.69) is 10.6 Å². The van der Waals surface area contributed by atoms with E-state index in [1.807, 2.05) is 20.8 Å². The second-order valence-electron chi connectivity index (χ2n) is 8.30. The van der Waals surface area contributed by atoms with Gasteiger partial charge in [-0.05, 0) is 64.1 Å². The Labute approximate surface area is 189 Å². The molecule has 32 heavy (non-hydrogen) atoms. The Balaban J connectivity index is 2.08. The van der Waals surface area contributed by atoms with Gasteiger partial charge in [0.1, 0.15) is 23.4 Å². The van der Waals surface area contributed by atoms with Crippen molar-refractivity contribution in [2.24, 2.45) is 0 Å². The van der Waals surface area contributed by atoms with Crippen LogP contribution in [0.25, 0.3) is 0 Å². The summed E-state index contributed by atoms with van der Waals surface area (Å²) in [6.07, 6.45) is 0. The summed E-state index contributed by atoms with van der Waals surface area (Å²) in [6.45, 7) is 7.10. The number of carbonyl (C=O) groups excluding carboxylic acids is 3. The van der Waals surface area contributed by atoms with Crippen LogP contribution in [0.4, 0.5) is 15.8 Å². The van der Waals surface area contributed by atoms with Crippen LogP contribution in [0.3, 0.4) is 0 Å². The molecule has 3 amide bonds. The second-order valence-corrected chi connectivity index (χ2v) is 9.76. The third-order valence-electron chi connectivity index (χ3n) is 4.27. The van der Waals surface area contributed by atoms with Gasteiger partial charge in [-0.1, -0.05) is 18.2 Å². The summed E-state index contributed by atoms with van der Waals surface area (Å²) in [5.41, 5.74) is 0.359. The van der Waals surface area contributed by atoms with E-state index in [0.717, 1.165) is 0 Å². The Hall–Kier alpha value is -3.07. The molecule has 0 aliphatic heterocycles. The standard InChI is InChI=1S/C23H28FN3O4S/c1-16(22(30)26-23(2,3)4)27(19-8-6-5-7-9-19)21(29)15-32(31)14-20(28)25-18-12-10-17(24)11-13-18/h5-13,16H,14-15H2,1-4H3,(H,25,28)(H,26,30)/t16-,32+/m1/s1. The number of hydrogen-bond donors (Lipinski definition) is 2. The molecule has 9 heteroatoms. The molecule has 0 unspecified atom stereocenters. The largest absolute Gasteiger partial charge is 0.350 e. The number of hydrogen-bond acceptors (Lipinski definition) is 4. The van der Waals surface area contributed by atoms with Crippen LogP contribution in [0.15, 0.2) is 54.6 Å². The SMILES string of the molecule is C[C@H](C(=O)NC(C)(C)C)N(C(=O)C[S@@](=O)CC(=O)Nc1ccc(F)cc1)c1ccccc1. The van der Waals surface area contributed by atoms with Crippen LogP contribution in [-0.4, -0.2) is 45.0 Å². The summed E-state index contributed by atoms with van der Waals surface area (Å²) in [5, 5.41) is 5.35. The quantitative estimate of drug-likeness (QED) is 0.632. The molecule has 0 aliphatic rings. The minimum Gasteiger partial charge on any atom is -0.350 e. The number of nitrogens with zero attached hydrogens (tertiary/aromatic N) is 1. The smallest absolute Gasteiger partial charge is 0.243 e. The number of para-hydroxylation sites is 1. The van der Waals surface area contributed by atoms with Gasteiger partial charge < -0.3 is 10.6 Å². The van der Waals surface area contributed by atoms with E-state index >= 15 is 0 Å². The molecule has 0 spiro atoms. The average molecular weight is 462 g/mol. The minimum absolute atomic E-state index is 0.352. The van der Waals surface area contributed by atoms with E-state index in [1.54, 1.807) is 37.3 Å². The zero-order valence-corrected chi connectivity index (χ0v) is 19.4. The van der Waals surface area contributed by atoms with Crippen molar-refractivity contribution in [2.45, 2.75) is 39.3 Å².